The Morgan fingerprint density at radius 3 is 2.55 bits per heavy atom. The molecule has 1 aliphatic heterocycles. The minimum Gasteiger partial charge on any atom is -0.459 e. The Morgan fingerprint density at radius 2 is 1.95 bits per heavy atom. The Balaban J connectivity index is 2.07. The molecule has 0 saturated carbocycles. The number of hydrogen-bond acceptors (Lipinski definition) is 4. The third-order valence-corrected chi connectivity index (χ3v) is 3.15. The number of ether oxygens (including phenoxy) is 1. The van der Waals surface area contributed by atoms with Crippen molar-refractivity contribution in [1.82, 2.24) is 4.90 Å². The van der Waals surface area contributed by atoms with E-state index in [9.17, 15) is 9.59 Å². The fraction of sp³-hybridized carbons (Fsp3) is 0.500. The van der Waals surface area contributed by atoms with Crippen LogP contribution in [-0.2, 0) is 20.9 Å². The van der Waals surface area contributed by atoms with Gasteiger partial charge in [0.15, 0.2) is 0 Å². The second-order valence-corrected chi connectivity index (χ2v) is 6.18. The zero-order valence-corrected chi connectivity index (χ0v) is 12.3. The summed E-state index contributed by atoms with van der Waals surface area (Å²) in [7, 11) is 0. The summed E-state index contributed by atoms with van der Waals surface area (Å²) in [6.45, 7) is 6.42. The van der Waals surface area contributed by atoms with E-state index in [2.05, 4.69) is 0 Å². The number of benzene rings is 1. The van der Waals surface area contributed by atoms with E-state index in [4.69, 9.17) is 4.74 Å². The number of nitrogens with zero attached hydrogens (tertiary/aromatic N) is 1. The van der Waals surface area contributed by atoms with Gasteiger partial charge in [-0.25, -0.2) is 0 Å². The van der Waals surface area contributed by atoms with Crippen LogP contribution in [0, 0.1) is 0 Å². The van der Waals surface area contributed by atoms with Crippen molar-refractivity contribution < 1.29 is 14.3 Å². The van der Waals surface area contributed by atoms with Crippen LogP contribution in [0.3, 0.4) is 0 Å². The third-order valence-electron chi connectivity index (χ3n) is 3.15. The molecule has 1 saturated heterocycles. The molecule has 0 unspecified atom stereocenters. The number of Topliss-reactive ketones (excluding diaryl/α,β-unsaturated/α-hetero) is 1. The average Bonchev–Trinajstić information content (AvgIpc) is 2.69. The lowest BCUT2D eigenvalue weighted by molar-refractivity contribution is -0.160. The summed E-state index contributed by atoms with van der Waals surface area (Å²) in [6.07, 6.45) is 0.252. The summed E-state index contributed by atoms with van der Waals surface area (Å²) >= 11 is 0. The SMILES string of the molecule is CC(C)(C)OC(=O)[C@@H]1CC(=O)CN1Cc1ccccc1. The lowest BCUT2D eigenvalue weighted by Crippen LogP contribution is -2.40. The van der Waals surface area contributed by atoms with E-state index in [-0.39, 0.29) is 18.2 Å². The van der Waals surface area contributed by atoms with Gasteiger partial charge in [-0.1, -0.05) is 30.3 Å². The van der Waals surface area contributed by atoms with Gasteiger partial charge >= 0.3 is 5.97 Å². The molecule has 4 heteroatoms. The number of hydrogen-bond donors (Lipinski definition) is 0. The van der Waals surface area contributed by atoms with Gasteiger partial charge in [0.05, 0.1) is 6.54 Å². The van der Waals surface area contributed by atoms with Crippen LogP contribution in [0.15, 0.2) is 30.3 Å². The lowest BCUT2D eigenvalue weighted by Gasteiger charge is -2.26. The van der Waals surface area contributed by atoms with Crippen LogP contribution in [0.1, 0.15) is 32.8 Å². The molecule has 0 bridgehead atoms. The molecule has 4 nitrogen and oxygen atoms in total. The number of carbonyl (C=O) groups is 2. The fourth-order valence-electron chi connectivity index (χ4n) is 2.33. The molecule has 0 radical (unpaired) electrons. The number of ketones is 1. The number of esters is 1. The Morgan fingerprint density at radius 1 is 1.30 bits per heavy atom. The molecule has 1 aliphatic rings. The molecule has 0 amide bonds. The third kappa shape index (κ3) is 3.90. The van der Waals surface area contributed by atoms with Crippen molar-refractivity contribution in [1.29, 1.82) is 0 Å². The highest BCUT2D eigenvalue weighted by molar-refractivity contribution is 5.91. The van der Waals surface area contributed by atoms with Crippen LogP contribution in [0.4, 0.5) is 0 Å². The van der Waals surface area contributed by atoms with Gasteiger partial charge in [0.2, 0.25) is 0 Å². The molecule has 20 heavy (non-hydrogen) atoms. The standard InChI is InChI=1S/C16H21NO3/c1-16(2,3)20-15(19)14-9-13(18)11-17(14)10-12-7-5-4-6-8-12/h4-8,14H,9-11H2,1-3H3/t14-/m0/s1. The van der Waals surface area contributed by atoms with Crippen LogP contribution in [-0.4, -0.2) is 34.8 Å². The smallest absolute Gasteiger partial charge is 0.324 e. The molecule has 0 spiro atoms. The molecule has 1 aromatic carbocycles. The summed E-state index contributed by atoms with van der Waals surface area (Å²) in [5.41, 5.74) is 0.567. The van der Waals surface area contributed by atoms with Gasteiger partial charge < -0.3 is 4.74 Å². The molecule has 0 aromatic heterocycles. The molecule has 1 heterocycles. The molecule has 1 fully saturated rings. The van der Waals surface area contributed by atoms with Crippen LogP contribution < -0.4 is 0 Å². The van der Waals surface area contributed by atoms with Crippen LogP contribution in [0.25, 0.3) is 0 Å². The van der Waals surface area contributed by atoms with Crippen LogP contribution in [0.5, 0.6) is 0 Å². The van der Waals surface area contributed by atoms with Gasteiger partial charge in [-0.3, -0.25) is 14.5 Å². The fourth-order valence-corrected chi connectivity index (χ4v) is 2.33. The summed E-state index contributed by atoms with van der Waals surface area (Å²) in [5, 5.41) is 0. The first-order chi connectivity index (χ1) is 9.35. The summed E-state index contributed by atoms with van der Waals surface area (Å²) in [5.74, 6) is -0.212. The van der Waals surface area contributed by atoms with E-state index < -0.39 is 11.6 Å². The predicted octanol–water partition coefficient (Wildman–Crippen LogP) is 2.17. The van der Waals surface area contributed by atoms with E-state index in [0.29, 0.717) is 13.1 Å². The first-order valence-corrected chi connectivity index (χ1v) is 6.88. The van der Waals surface area contributed by atoms with Gasteiger partial charge in [0.25, 0.3) is 0 Å². The Hall–Kier alpha value is -1.68. The summed E-state index contributed by atoms with van der Waals surface area (Å²) in [6, 6.07) is 9.39. The Bertz CT molecular complexity index is 490. The van der Waals surface area contributed by atoms with E-state index >= 15 is 0 Å². The summed E-state index contributed by atoms with van der Waals surface area (Å²) in [4.78, 5) is 25.8. The zero-order chi connectivity index (χ0) is 14.8. The van der Waals surface area contributed by atoms with Crippen molar-refractivity contribution in [3.05, 3.63) is 35.9 Å². The maximum absolute atomic E-state index is 12.2. The predicted molar refractivity (Wildman–Crippen MR) is 76.1 cm³/mol. The Labute approximate surface area is 119 Å². The maximum Gasteiger partial charge on any atom is 0.324 e. The highest BCUT2D eigenvalue weighted by Gasteiger charge is 2.38. The summed E-state index contributed by atoms with van der Waals surface area (Å²) < 4.78 is 5.41. The van der Waals surface area contributed by atoms with Crippen molar-refractivity contribution in [2.45, 2.75) is 45.4 Å². The van der Waals surface area contributed by atoms with Gasteiger partial charge in [-0.15, -0.1) is 0 Å². The molecule has 0 aliphatic carbocycles. The Kier molecular flexibility index (Phi) is 4.23. The van der Waals surface area contributed by atoms with Crippen LogP contribution >= 0.6 is 0 Å². The van der Waals surface area contributed by atoms with E-state index in [1.54, 1.807) is 0 Å². The molecular formula is C16H21NO3. The molecule has 1 atom stereocenters. The normalized spacial score (nSPS) is 20.1. The topological polar surface area (TPSA) is 46.6 Å². The minimum atomic E-state index is -0.527. The van der Waals surface area contributed by atoms with Crippen molar-refractivity contribution in [2.75, 3.05) is 6.54 Å². The van der Waals surface area contributed by atoms with E-state index in [1.807, 2.05) is 56.0 Å². The first-order valence-electron chi connectivity index (χ1n) is 6.88. The zero-order valence-electron chi connectivity index (χ0n) is 12.3. The molecule has 1 aromatic rings. The average molecular weight is 275 g/mol. The first kappa shape index (κ1) is 14.7. The van der Waals surface area contributed by atoms with Gasteiger partial charge in [-0.2, -0.15) is 0 Å². The number of rotatable bonds is 3. The number of likely N-dealkylation sites (tertiary alicyclic amines) is 1. The second kappa shape index (κ2) is 5.75. The second-order valence-electron chi connectivity index (χ2n) is 6.18. The van der Waals surface area contributed by atoms with E-state index in [1.165, 1.54) is 0 Å². The van der Waals surface area contributed by atoms with Crippen molar-refractivity contribution in [3.63, 3.8) is 0 Å². The number of carbonyl (C=O) groups excluding carboxylic acids is 2. The van der Waals surface area contributed by atoms with Crippen molar-refractivity contribution in [3.8, 4) is 0 Å². The molecule has 0 N–H and O–H groups in total. The van der Waals surface area contributed by atoms with E-state index in [0.717, 1.165) is 5.56 Å². The van der Waals surface area contributed by atoms with Gasteiger partial charge in [0, 0.05) is 13.0 Å². The lowest BCUT2D eigenvalue weighted by atomic mass is 10.1. The molecule has 108 valence electrons. The largest absolute Gasteiger partial charge is 0.459 e. The highest BCUT2D eigenvalue weighted by atomic mass is 16.6. The monoisotopic (exact) mass is 275 g/mol. The van der Waals surface area contributed by atoms with Crippen molar-refractivity contribution >= 4 is 11.8 Å². The van der Waals surface area contributed by atoms with Crippen LogP contribution in [0.2, 0.25) is 0 Å². The quantitative estimate of drug-likeness (QED) is 0.793. The van der Waals surface area contributed by atoms with Gasteiger partial charge in [0.1, 0.15) is 17.4 Å². The molecule has 2 rings (SSSR count). The van der Waals surface area contributed by atoms with Crippen molar-refractivity contribution in [2.24, 2.45) is 0 Å². The van der Waals surface area contributed by atoms with Gasteiger partial charge in [-0.05, 0) is 26.3 Å². The molecular weight excluding hydrogens is 254 g/mol. The highest BCUT2D eigenvalue weighted by Crippen LogP contribution is 2.21. The minimum absolute atomic E-state index is 0.0943. The maximum atomic E-state index is 12.2.